The third kappa shape index (κ3) is 5.43. The number of amides is 2. The maximum atomic E-state index is 12.9. The zero-order valence-corrected chi connectivity index (χ0v) is 16.0. The van der Waals surface area contributed by atoms with Crippen molar-refractivity contribution in [1.29, 1.82) is 0 Å². The molecule has 3 rings (SSSR count). The van der Waals surface area contributed by atoms with Crippen LogP contribution in [0.4, 0.5) is 11.4 Å². The molecule has 2 N–H and O–H groups in total. The van der Waals surface area contributed by atoms with Crippen molar-refractivity contribution in [2.45, 2.75) is 38.2 Å². The van der Waals surface area contributed by atoms with Gasteiger partial charge in [0.2, 0.25) is 5.91 Å². The van der Waals surface area contributed by atoms with E-state index in [2.05, 4.69) is 15.5 Å². The molecule has 1 unspecified atom stereocenters. The van der Waals surface area contributed by atoms with E-state index in [-0.39, 0.29) is 24.5 Å². The molecule has 2 aliphatic rings. The van der Waals surface area contributed by atoms with E-state index in [1.165, 1.54) is 13.5 Å². The number of nitrogens with one attached hydrogen (secondary N) is 2. The summed E-state index contributed by atoms with van der Waals surface area (Å²) in [6, 6.07) is 5.52. The van der Waals surface area contributed by atoms with Crippen molar-refractivity contribution in [3.8, 4) is 0 Å². The molecule has 2 heterocycles. The first kappa shape index (κ1) is 19.6. The molecule has 1 aromatic carbocycles. The third-order valence-electron chi connectivity index (χ3n) is 5.01. The van der Waals surface area contributed by atoms with Gasteiger partial charge in [-0.15, -0.1) is 0 Å². The number of piperidine rings is 1. The molecule has 0 spiro atoms. The van der Waals surface area contributed by atoms with Crippen molar-refractivity contribution in [3.05, 3.63) is 23.8 Å². The fourth-order valence-corrected chi connectivity index (χ4v) is 3.64. The van der Waals surface area contributed by atoms with Gasteiger partial charge < -0.3 is 25.0 Å². The molecule has 2 amide bonds. The Labute approximate surface area is 160 Å². The molecule has 148 valence electrons. The normalized spacial score (nSPS) is 19.7. The minimum atomic E-state index is -0.242. The zero-order valence-electron chi connectivity index (χ0n) is 16.0. The molecule has 0 aromatic heterocycles. The highest BCUT2D eigenvalue weighted by atomic mass is 16.5. The van der Waals surface area contributed by atoms with Crippen LogP contribution >= 0.6 is 0 Å². The first-order valence-electron chi connectivity index (χ1n) is 9.75. The Morgan fingerprint density at radius 1 is 1.22 bits per heavy atom. The molecule has 2 saturated heterocycles. The van der Waals surface area contributed by atoms with Gasteiger partial charge in [0, 0.05) is 44.7 Å². The number of methoxy groups -OCH3 is 1. The van der Waals surface area contributed by atoms with Crippen LogP contribution in [0, 0.1) is 0 Å². The van der Waals surface area contributed by atoms with E-state index >= 15 is 0 Å². The van der Waals surface area contributed by atoms with E-state index in [0.717, 1.165) is 51.1 Å². The lowest BCUT2D eigenvalue weighted by molar-refractivity contribution is -0.119. The lowest BCUT2D eigenvalue weighted by Crippen LogP contribution is -2.35. The summed E-state index contributed by atoms with van der Waals surface area (Å²) in [5, 5.41) is 5.78. The monoisotopic (exact) mass is 375 g/mol. The van der Waals surface area contributed by atoms with Crippen LogP contribution in [0.3, 0.4) is 0 Å². The van der Waals surface area contributed by atoms with Gasteiger partial charge >= 0.3 is 0 Å². The molecule has 0 radical (unpaired) electrons. The maximum Gasteiger partial charge on any atom is 0.253 e. The van der Waals surface area contributed by atoms with Crippen molar-refractivity contribution >= 4 is 23.2 Å². The SMILES string of the molecule is COCC(=O)Nc1ccc(N2CCCCC2)c(C(=O)NCC2CCCO2)c1. The minimum absolute atomic E-state index is 0.0194. The molecule has 7 nitrogen and oxygen atoms in total. The first-order chi connectivity index (χ1) is 13.2. The number of anilines is 2. The lowest BCUT2D eigenvalue weighted by Gasteiger charge is -2.30. The first-order valence-corrected chi connectivity index (χ1v) is 9.75. The number of ether oxygens (including phenoxy) is 2. The van der Waals surface area contributed by atoms with Gasteiger partial charge in [-0.25, -0.2) is 0 Å². The summed E-state index contributed by atoms with van der Waals surface area (Å²) in [6.07, 6.45) is 5.60. The standard InChI is InChI=1S/C20H29N3O4/c1-26-14-19(24)22-15-7-8-18(23-9-3-2-4-10-23)17(12-15)20(25)21-13-16-6-5-11-27-16/h7-8,12,16H,2-6,9-11,13-14H2,1H3,(H,21,25)(H,22,24). The molecular weight excluding hydrogens is 346 g/mol. The van der Waals surface area contributed by atoms with Gasteiger partial charge in [-0.2, -0.15) is 0 Å². The molecule has 0 bridgehead atoms. The summed E-state index contributed by atoms with van der Waals surface area (Å²) in [6.45, 7) is 3.15. The summed E-state index contributed by atoms with van der Waals surface area (Å²) in [5.74, 6) is -0.372. The van der Waals surface area contributed by atoms with E-state index in [9.17, 15) is 9.59 Å². The Bertz CT molecular complexity index is 653. The van der Waals surface area contributed by atoms with Gasteiger partial charge in [-0.05, 0) is 50.3 Å². The number of carbonyl (C=O) groups excluding carboxylic acids is 2. The second-order valence-corrected chi connectivity index (χ2v) is 7.11. The van der Waals surface area contributed by atoms with Crippen molar-refractivity contribution in [3.63, 3.8) is 0 Å². The Morgan fingerprint density at radius 2 is 2.04 bits per heavy atom. The number of hydrogen-bond acceptors (Lipinski definition) is 5. The molecule has 7 heteroatoms. The Kier molecular flexibility index (Phi) is 7.06. The molecule has 2 fully saturated rings. The second-order valence-electron chi connectivity index (χ2n) is 7.11. The summed E-state index contributed by atoms with van der Waals surface area (Å²) in [5.41, 5.74) is 2.11. The molecule has 0 saturated carbocycles. The molecular formula is C20H29N3O4. The smallest absolute Gasteiger partial charge is 0.253 e. The number of carbonyl (C=O) groups is 2. The fourth-order valence-electron chi connectivity index (χ4n) is 3.64. The average Bonchev–Trinajstić information content (AvgIpc) is 3.20. The van der Waals surface area contributed by atoms with Crippen LogP contribution in [-0.4, -0.2) is 57.9 Å². The van der Waals surface area contributed by atoms with Gasteiger partial charge in [0.05, 0.1) is 11.7 Å². The molecule has 27 heavy (non-hydrogen) atoms. The van der Waals surface area contributed by atoms with Crippen LogP contribution in [0.15, 0.2) is 18.2 Å². The number of rotatable bonds is 7. The average molecular weight is 375 g/mol. The van der Waals surface area contributed by atoms with Crippen molar-refractivity contribution in [1.82, 2.24) is 5.32 Å². The quantitative estimate of drug-likeness (QED) is 0.764. The van der Waals surface area contributed by atoms with E-state index < -0.39 is 0 Å². The highest BCUT2D eigenvalue weighted by molar-refractivity contribution is 6.02. The lowest BCUT2D eigenvalue weighted by atomic mass is 10.1. The van der Waals surface area contributed by atoms with E-state index in [1.807, 2.05) is 12.1 Å². The van der Waals surface area contributed by atoms with Crippen LogP contribution in [0.1, 0.15) is 42.5 Å². The van der Waals surface area contributed by atoms with Gasteiger partial charge in [-0.1, -0.05) is 0 Å². The predicted octanol–water partition coefficient (Wildman–Crippen LogP) is 2.17. The van der Waals surface area contributed by atoms with Crippen LogP contribution in [0.5, 0.6) is 0 Å². The van der Waals surface area contributed by atoms with Crippen LogP contribution in [-0.2, 0) is 14.3 Å². The van der Waals surface area contributed by atoms with Gasteiger partial charge in [-0.3, -0.25) is 9.59 Å². The van der Waals surface area contributed by atoms with Crippen LogP contribution < -0.4 is 15.5 Å². The minimum Gasteiger partial charge on any atom is -0.376 e. The maximum absolute atomic E-state index is 12.9. The molecule has 0 aliphatic carbocycles. The van der Waals surface area contributed by atoms with Crippen LogP contribution in [0.25, 0.3) is 0 Å². The van der Waals surface area contributed by atoms with Gasteiger partial charge in [0.1, 0.15) is 6.61 Å². The fraction of sp³-hybridized carbons (Fsp3) is 0.600. The summed E-state index contributed by atoms with van der Waals surface area (Å²) < 4.78 is 10.4. The summed E-state index contributed by atoms with van der Waals surface area (Å²) in [4.78, 5) is 27.0. The third-order valence-corrected chi connectivity index (χ3v) is 5.01. The highest BCUT2D eigenvalue weighted by Crippen LogP contribution is 2.27. The summed E-state index contributed by atoms with van der Waals surface area (Å²) in [7, 11) is 1.48. The Hall–Kier alpha value is -2.12. The zero-order chi connectivity index (χ0) is 19.1. The van der Waals surface area contributed by atoms with Crippen molar-refractivity contribution in [2.75, 3.05) is 50.2 Å². The predicted molar refractivity (Wildman–Crippen MR) is 104 cm³/mol. The number of nitrogens with zero attached hydrogens (tertiary/aromatic N) is 1. The summed E-state index contributed by atoms with van der Waals surface area (Å²) >= 11 is 0. The van der Waals surface area contributed by atoms with E-state index in [0.29, 0.717) is 17.8 Å². The van der Waals surface area contributed by atoms with Gasteiger partial charge in [0.15, 0.2) is 0 Å². The molecule has 2 aliphatic heterocycles. The number of benzene rings is 1. The molecule has 1 atom stereocenters. The highest BCUT2D eigenvalue weighted by Gasteiger charge is 2.21. The largest absolute Gasteiger partial charge is 0.376 e. The Balaban J connectivity index is 1.76. The van der Waals surface area contributed by atoms with Gasteiger partial charge in [0.25, 0.3) is 5.91 Å². The van der Waals surface area contributed by atoms with E-state index in [4.69, 9.17) is 9.47 Å². The molecule has 1 aromatic rings. The second kappa shape index (κ2) is 9.71. The van der Waals surface area contributed by atoms with E-state index in [1.54, 1.807) is 6.07 Å². The van der Waals surface area contributed by atoms with Crippen molar-refractivity contribution < 1.29 is 19.1 Å². The topological polar surface area (TPSA) is 79.9 Å². The number of hydrogen-bond donors (Lipinski definition) is 2. The van der Waals surface area contributed by atoms with Crippen LogP contribution in [0.2, 0.25) is 0 Å². The Morgan fingerprint density at radius 3 is 2.74 bits per heavy atom. The van der Waals surface area contributed by atoms with Crippen molar-refractivity contribution in [2.24, 2.45) is 0 Å².